The predicted molar refractivity (Wildman–Crippen MR) is 121 cm³/mol. The molecule has 1 amide bonds. The van der Waals surface area contributed by atoms with E-state index < -0.39 is 0 Å². The molecular formula is C22H23Cl2N3O4. The summed E-state index contributed by atoms with van der Waals surface area (Å²) in [6.45, 7) is 2.39. The lowest BCUT2D eigenvalue weighted by Gasteiger charge is -2.27. The molecule has 2 aliphatic heterocycles. The lowest BCUT2D eigenvalue weighted by Crippen LogP contribution is -2.39. The zero-order chi connectivity index (χ0) is 19.6. The molecule has 0 saturated carbocycles. The Kier molecular flexibility index (Phi) is 7.43. The smallest absolute Gasteiger partial charge is 0.273 e. The molecule has 0 saturated heterocycles. The van der Waals surface area contributed by atoms with Crippen LogP contribution in [0.1, 0.15) is 27.7 Å². The maximum atomic E-state index is 12.8. The molecule has 2 aromatic carbocycles. The first-order valence-corrected chi connectivity index (χ1v) is 9.72. The molecule has 9 heteroatoms. The molecular weight excluding hydrogens is 441 g/mol. The van der Waals surface area contributed by atoms with Gasteiger partial charge in [0, 0.05) is 18.2 Å². The third-order valence-electron chi connectivity index (χ3n) is 5.27. The summed E-state index contributed by atoms with van der Waals surface area (Å²) in [5.41, 5.74) is 3.53. The van der Waals surface area contributed by atoms with Gasteiger partial charge in [-0.25, -0.2) is 4.98 Å². The summed E-state index contributed by atoms with van der Waals surface area (Å²) in [4.78, 5) is 17.0. The van der Waals surface area contributed by atoms with Gasteiger partial charge in [0.2, 0.25) is 0 Å². The van der Waals surface area contributed by atoms with E-state index in [4.69, 9.17) is 13.9 Å². The van der Waals surface area contributed by atoms with Crippen molar-refractivity contribution in [1.82, 2.24) is 15.6 Å². The van der Waals surface area contributed by atoms with Crippen molar-refractivity contribution in [3.8, 4) is 22.8 Å². The molecule has 3 heterocycles. The first kappa shape index (κ1) is 22.9. The first-order valence-electron chi connectivity index (χ1n) is 9.72. The molecule has 1 aromatic heterocycles. The molecule has 164 valence electrons. The first-order chi connectivity index (χ1) is 14.3. The number of aromatic nitrogens is 1. The number of fused-ring (bicyclic) bond motifs is 2. The summed E-state index contributed by atoms with van der Waals surface area (Å²) >= 11 is 0. The van der Waals surface area contributed by atoms with Crippen molar-refractivity contribution >= 4 is 30.7 Å². The summed E-state index contributed by atoms with van der Waals surface area (Å²) in [5.74, 6) is 1.47. The molecule has 0 spiro atoms. The van der Waals surface area contributed by atoms with Crippen LogP contribution in [-0.4, -0.2) is 37.2 Å². The fourth-order valence-corrected chi connectivity index (χ4v) is 3.85. The van der Waals surface area contributed by atoms with Crippen molar-refractivity contribution in [2.24, 2.45) is 0 Å². The molecule has 7 nitrogen and oxygen atoms in total. The van der Waals surface area contributed by atoms with Crippen LogP contribution < -0.4 is 20.1 Å². The molecule has 31 heavy (non-hydrogen) atoms. The number of nitrogens with zero attached hydrogens (tertiary/aromatic N) is 1. The van der Waals surface area contributed by atoms with Gasteiger partial charge in [0.25, 0.3) is 5.91 Å². The van der Waals surface area contributed by atoms with E-state index in [1.54, 1.807) is 0 Å². The van der Waals surface area contributed by atoms with Crippen molar-refractivity contribution in [3.05, 3.63) is 65.7 Å². The molecule has 0 aliphatic carbocycles. The van der Waals surface area contributed by atoms with Crippen LogP contribution in [0.2, 0.25) is 0 Å². The molecule has 3 aromatic rings. The normalized spacial score (nSPS) is 16.3. The molecule has 1 unspecified atom stereocenters. The van der Waals surface area contributed by atoms with Crippen LogP contribution in [0.5, 0.6) is 11.5 Å². The van der Waals surface area contributed by atoms with Gasteiger partial charge in [0.1, 0.15) is 13.2 Å². The number of carbonyl (C=O) groups excluding carboxylic acids is 1. The van der Waals surface area contributed by atoms with E-state index in [0.29, 0.717) is 37.0 Å². The van der Waals surface area contributed by atoms with E-state index in [2.05, 4.69) is 33.8 Å². The van der Waals surface area contributed by atoms with Gasteiger partial charge in [-0.1, -0.05) is 24.3 Å². The van der Waals surface area contributed by atoms with Crippen LogP contribution >= 0.6 is 24.8 Å². The van der Waals surface area contributed by atoms with E-state index in [9.17, 15) is 4.79 Å². The maximum Gasteiger partial charge on any atom is 0.273 e. The van der Waals surface area contributed by atoms with E-state index in [1.165, 1.54) is 17.5 Å². The number of oxazole rings is 1. The zero-order valence-corrected chi connectivity index (χ0v) is 18.3. The Morgan fingerprint density at radius 3 is 2.77 bits per heavy atom. The Morgan fingerprint density at radius 2 is 1.90 bits per heavy atom. The summed E-state index contributed by atoms with van der Waals surface area (Å²) in [6, 6.07) is 13.9. The van der Waals surface area contributed by atoms with E-state index in [-0.39, 0.29) is 42.5 Å². The Bertz CT molecular complexity index is 1060. The molecule has 2 N–H and O–H groups in total. The number of halogens is 2. The van der Waals surface area contributed by atoms with Crippen molar-refractivity contribution in [2.75, 3.05) is 26.3 Å². The van der Waals surface area contributed by atoms with Crippen molar-refractivity contribution in [3.63, 3.8) is 0 Å². The third kappa shape index (κ3) is 4.63. The number of benzene rings is 2. The number of amides is 1. The number of rotatable bonds is 4. The minimum Gasteiger partial charge on any atom is -0.486 e. The molecule has 2 aliphatic rings. The van der Waals surface area contributed by atoms with Gasteiger partial charge < -0.3 is 24.5 Å². The van der Waals surface area contributed by atoms with E-state index in [1.807, 2.05) is 24.3 Å². The Balaban J connectivity index is 0.00000136. The lowest BCUT2D eigenvalue weighted by molar-refractivity contribution is 0.0945. The van der Waals surface area contributed by atoms with Crippen LogP contribution in [0.4, 0.5) is 0 Å². The summed E-state index contributed by atoms with van der Waals surface area (Å²) in [6.07, 6.45) is 2.29. The van der Waals surface area contributed by atoms with Crippen LogP contribution in [0.25, 0.3) is 11.3 Å². The zero-order valence-electron chi connectivity index (χ0n) is 16.6. The summed E-state index contributed by atoms with van der Waals surface area (Å²) < 4.78 is 16.7. The van der Waals surface area contributed by atoms with Crippen LogP contribution in [0.3, 0.4) is 0 Å². The quantitative estimate of drug-likeness (QED) is 0.614. The SMILES string of the molecule is Cl.Cl.O=C(NCC1NCCc2ccccc21)c1ncoc1-c1ccc2c(c1)OCCO2. The maximum absolute atomic E-state index is 12.8. The average Bonchev–Trinajstić information content (AvgIpc) is 3.27. The molecule has 0 radical (unpaired) electrons. The minimum atomic E-state index is -0.270. The van der Waals surface area contributed by atoms with Crippen LogP contribution in [-0.2, 0) is 6.42 Å². The van der Waals surface area contributed by atoms with Gasteiger partial charge in [0.05, 0.1) is 0 Å². The standard InChI is InChI=1S/C22H21N3O4.2ClH/c26-22(24-12-17-16-4-2-1-3-14(16)7-8-23-17)20-21(29-13-25-20)15-5-6-18-19(11-15)28-10-9-27-18;;/h1-6,11,13,17,23H,7-10,12H2,(H,24,26);2*1H. The largest absolute Gasteiger partial charge is 0.486 e. The van der Waals surface area contributed by atoms with E-state index >= 15 is 0 Å². The number of nitrogens with one attached hydrogen (secondary N) is 2. The third-order valence-corrected chi connectivity index (χ3v) is 5.27. The molecule has 0 fully saturated rings. The highest BCUT2D eigenvalue weighted by molar-refractivity contribution is 5.97. The summed E-state index contributed by atoms with van der Waals surface area (Å²) in [5, 5.41) is 6.46. The second-order valence-electron chi connectivity index (χ2n) is 7.05. The van der Waals surface area contributed by atoms with Crippen molar-refractivity contribution in [1.29, 1.82) is 0 Å². The minimum absolute atomic E-state index is 0. The number of ether oxygens (including phenoxy) is 2. The fourth-order valence-electron chi connectivity index (χ4n) is 3.85. The lowest BCUT2D eigenvalue weighted by atomic mass is 9.94. The highest BCUT2D eigenvalue weighted by atomic mass is 35.5. The second kappa shape index (κ2) is 10.0. The molecule has 1 atom stereocenters. The number of hydrogen-bond donors (Lipinski definition) is 2. The molecule has 0 bridgehead atoms. The van der Waals surface area contributed by atoms with Gasteiger partial charge in [-0.05, 0) is 42.3 Å². The predicted octanol–water partition coefficient (Wildman–Crippen LogP) is 3.57. The van der Waals surface area contributed by atoms with Gasteiger partial charge in [-0.15, -0.1) is 24.8 Å². The average molecular weight is 464 g/mol. The van der Waals surface area contributed by atoms with Crippen LogP contribution in [0, 0.1) is 0 Å². The fraction of sp³-hybridized carbons (Fsp3) is 0.273. The van der Waals surface area contributed by atoms with Crippen molar-refractivity contribution < 1.29 is 18.7 Å². The topological polar surface area (TPSA) is 85.6 Å². The molecule has 5 rings (SSSR count). The van der Waals surface area contributed by atoms with Gasteiger partial charge in [-0.2, -0.15) is 0 Å². The Morgan fingerprint density at radius 1 is 1.10 bits per heavy atom. The van der Waals surface area contributed by atoms with E-state index in [0.717, 1.165) is 18.5 Å². The number of carbonyl (C=O) groups is 1. The van der Waals surface area contributed by atoms with Gasteiger partial charge in [-0.3, -0.25) is 4.79 Å². The van der Waals surface area contributed by atoms with Crippen molar-refractivity contribution in [2.45, 2.75) is 12.5 Å². The Labute approximate surface area is 192 Å². The highest BCUT2D eigenvalue weighted by Gasteiger charge is 2.23. The number of hydrogen-bond acceptors (Lipinski definition) is 6. The monoisotopic (exact) mass is 463 g/mol. The van der Waals surface area contributed by atoms with Gasteiger partial charge >= 0.3 is 0 Å². The van der Waals surface area contributed by atoms with Crippen LogP contribution in [0.15, 0.2) is 53.3 Å². The second-order valence-corrected chi connectivity index (χ2v) is 7.05. The highest BCUT2D eigenvalue weighted by Crippen LogP contribution is 2.35. The summed E-state index contributed by atoms with van der Waals surface area (Å²) in [7, 11) is 0. The van der Waals surface area contributed by atoms with Gasteiger partial charge in [0.15, 0.2) is 29.3 Å². The Hall–Kier alpha value is -2.74.